The second-order valence-electron chi connectivity index (χ2n) is 4.54. The minimum atomic E-state index is 0.357. The van der Waals surface area contributed by atoms with Crippen molar-refractivity contribution >= 4 is 0 Å². The monoisotopic (exact) mass is 215 g/mol. The first-order chi connectivity index (χ1) is 7.22. The maximum absolute atomic E-state index is 6.05. The van der Waals surface area contributed by atoms with Gasteiger partial charge in [0.25, 0.3) is 0 Å². The maximum atomic E-state index is 6.05. The lowest BCUT2D eigenvalue weighted by Gasteiger charge is -2.27. The molecular weight excluding hydrogens is 190 g/mol. The Labute approximate surface area is 93.5 Å². The van der Waals surface area contributed by atoms with Gasteiger partial charge in [0.05, 0.1) is 12.2 Å². The molecule has 1 unspecified atom stereocenters. The van der Waals surface area contributed by atoms with E-state index in [1.54, 1.807) is 0 Å². The summed E-state index contributed by atoms with van der Waals surface area (Å²) < 4.78 is 11.4. The molecule has 0 amide bonds. The fourth-order valence-electron chi connectivity index (χ4n) is 1.74. The molecule has 0 aliphatic carbocycles. The summed E-state index contributed by atoms with van der Waals surface area (Å²) >= 11 is 0. The zero-order valence-electron chi connectivity index (χ0n) is 10.3. The molecule has 0 saturated carbocycles. The van der Waals surface area contributed by atoms with E-state index >= 15 is 0 Å². The van der Waals surface area contributed by atoms with E-state index in [4.69, 9.17) is 9.47 Å². The van der Waals surface area contributed by atoms with Crippen molar-refractivity contribution in [1.29, 1.82) is 0 Å². The highest BCUT2D eigenvalue weighted by Gasteiger charge is 2.18. The van der Waals surface area contributed by atoms with Gasteiger partial charge >= 0.3 is 0 Å². The molecule has 0 aromatic rings. The van der Waals surface area contributed by atoms with Crippen LogP contribution in [0.25, 0.3) is 0 Å². The molecule has 0 bridgehead atoms. The van der Waals surface area contributed by atoms with Crippen LogP contribution < -0.4 is 5.32 Å². The van der Waals surface area contributed by atoms with Crippen molar-refractivity contribution in [2.45, 2.75) is 58.3 Å². The summed E-state index contributed by atoms with van der Waals surface area (Å²) in [6.07, 6.45) is 3.96. The number of ether oxygens (including phenoxy) is 2. The van der Waals surface area contributed by atoms with Crippen molar-refractivity contribution in [3.8, 4) is 0 Å². The third-order valence-electron chi connectivity index (χ3n) is 2.76. The second kappa shape index (κ2) is 7.20. The first-order valence-corrected chi connectivity index (χ1v) is 6.19. The van der Waals surface area contributed by atoms with Crippen molar-refractivity contribution in [1.82, 2.24) is 5.32 Å². The summed E-state index contributed by atoms with van der Waals surface area (Å²) in [5, 5.41) is 3.43. The lowest BCUT2D eigenvalue weighted by Crippen LogP contribution is -2.37. The van der Waals surface area contributed by atoms with E-state index in [1.807, 2.05) is 0 Å². The third-order valence-corrected chi connectivity index (χ3v) is 2.76. The Morgan fingerprint density at radius 1 is 1.33 bits per heavy atom. The predicted molar refractivity (Wildman–Crippen MR) is 62.1 cm³/mol. The van der Waals surface area contributed by atoms with Crippen LogP contribution in [-0.4, -0.2) is 38.0 Å². The van der Waals surface area contributed by atoms with Crippen molar-refractivity contribution in [3.05, 3.63) is 0 Å². The molecular formula is C12H25NO2. The molecule has 0 spiro atoms. The van der Waals surface area contributed by atoms with Gasteiger partial charge < -0.3 is 14.8 Å². The average molecular weight is 215 g/mol. The summed E-state index contributed by atoms with van der Waals surface area (Å²) in [5.74, 6) is 0. The van der Waals surface area contributed by atoms with Crippen molar-refractivity contribution in [2.75, 3.05) is 19.8 Å². The Kier molecular flexibility index (Phi) is 6.22. The average Bonchev–Trinajstić information content (AvgIpc) is 2.25. The SMILES string of the molecule is CCC(CNC(C)C)OC1CCOCC1. The van der Waals surface area contributed by atoms with E-state index in [0.717, 1.165) is 39.0 Å². The highest BCUT2D eigenvalue weighted by atomic mass is 16.5. The molecule has 1 rings (SSSR count). The Hall–Kier alpha value is -0.120. The zero-order chi connectivity index (χ0) is 11.1. The van der Waals surface area contributed by atoms with Crippen molar-refractivity contribution in [2.24, 2.45) is 0 Å². The molecule has 0 aromatic carbocycles. The van der Waals surface area contributed by atoms with E-state index in [9.17, 15) is 0 Å². The smallest absolute Gasteiger partial charge is 0.0700 e. The van der Waals surface area contributed by atoms with Gasteiger partial charge in [0.1, 0.15) is 0 Å². The van der Waals surface area contributed by atoms with Crippen LogP contribution in [0.5, 0.6) is 0 Å². The molecule has 1 fully saturated rings. The Morgan fingerprint density at radius 3 is 2.53 bits per heavy atom. The lowest BCUT2D eigenvalue weighted by molar-refractivity contribution is -0.0685. The quantitative estimate of drug-likeness (QED) is 0.734. The van der Waals surface area contributed by atoms with Crippen LogP contribution in [0.15, 0.2) is 0 Å². The van der Waals surface area contributed by atoms with Gasteiger partial charge in [-0.15, -0.1) is 0 Å². The largest absolute Gasteiger partial charge is 0.381 e. The van der Waals surface area contributed by atoms with Gasteiger partial charge in [0.15, 0.2) is 0 Å². The molecule has 90 valence electrons. The minimum absolute atomic E-state index is 0.357. The van der Waals surface area contributed by atoms with E-state index in [0.29, 0.717) is 18.2 Å². The number of hydrogen-bond donors (Lipinski definition) is 1. The Morgan fingerprint density at radius 2 is 2.00 bits per heavy atom. The molecule has 0 aromatic heterocycles. The van der Waals surface area contributed by atoms with Gasteiger partial charge in [0, 0.05) is 25.8 Å². The normalized spacial score (nSPS) is 20.8. The molecule has 1 heterocycles. The number of hydrogen-bond acceptors (Lipinski definition) is 3. The van der Waals surface area contributed by atoms with Gasteiger partial charge in [-0.2, -0.15) is 0 Å². The van der Waals surface area contributed by atoms with Gasteiger partial charge in [-0.3, -0.25) is 0 Å². The maximum Gasteiger partial charge on any atom is 0.0700 e. The minimum Gasteiger partial charge on any atom is -0.381 e. The Bertz CT molecular complexity index is 156. The van der Waals surface area contributed by atoms with Crippen LogP contribution in [0.2, 0.25) is 0 Å². The van der Waals surface area contributed by atoms with Crippen LogP contribution in [0, 0.1) is 0 Å². The third kappa shape index (κ3) is 5.50. The molecule has 1 atom stereocenters. The summed E-state index contributed by atoms with van der Waals surface area (Å²) in [5.41, 5.74) is 0. The molecule has 0 radical (unpaired) electrons. The summed E-state index contributed by atoms with van der Waals surface area (Å²) in [6, 6.07) is 0.539. The van der Waals surface area contributed by atoms with E-state index in [1.165, 1.54) is 0 Å². The lowest BCUT2D eigenvalue weighted by atomic mass is 10.1. The van der Waals surface area contributed by atoms with Gasteiger partial charge in [0.2, 0.25) is 0 Å². The standard InChI is InChI=1S/C12H25NO2/c1-4-11(9-13-10(2)3)15-12-5-7-14-8-6-12/h10-13H,4-9H2,1-3H3. The second-order valence-corrected chi connectivity index (χ2v) is 4.54. The molecule has 1 aliphatic rings. The van der Waals surface area contributed by atoms with E-state index in [-0.39, 0.29) is 0 Å². The van der Waals surface area contributed by atoms with Gasteiger partial charge in [-0.05, 0) is 19.3 Å². The fourth-order valence-corrected chi connectivity index (χ4v) is 1.74. The molecule has 1 aliphatic heterocycles. The van der Waals surface area contributed by atoms with Crippen LogP contribution in [0.3, 0.4) is 0 Å². The number of rotatable bonds is 6. The summed E-state index contributed by atoms with van der Waals surface area (Å²) in [4.78, 5) is 0. The topological polar surface area (TPSA) is 30.5 Å². The van der Waals surface area contributed by atoms with Crippen molar-refractivity contribution < 1.29 is 9.47 Å². The Balaban J connectivity index is 2.19. The molecule has 1 N–H and O–H groups in total. The predicted octanol–water partition coefficient (Wildman–Crippen LogP) is 1.96. The van der Waals surface area contributed by atoms with E-state index < -0.39 is 0 Å². The summed E-state index contributed by atoms with van der Waals surface area (Å²) in [6.45, 7) is 9.21. The molecule has 3 nitrogen and oxygen atoms in total. The molecule has 1 saturated heterocycles. The summed E-state index contributed by atoms with van der Waals surface area (Å²) in [7, 11) is 0. The first kappa shape index (κ1) is 12.9. The highest BCUT2D eigenvalue weighted by molar-refractivity contribution is 4.68. The fraction of sp³-hybridized carbons (Fsp3) is 1.00. The van der Waals surface area contributed by atoms with Crippen molar-refractivity contribution in [3.63, 3.8) is 0 Å². The number of nitrogens with one attached hydrogen (secondary N) is 1. The first-order valence-electron chi connectivity index (χ1n) is 6.19. The molecule has 15 heavy (non-hydrogen) atoms. The van der Waals surface area contributed by atoms with Gasteiger partial charge in [-0.25, -0.2) is 0 Å². The zero-order valence-corrected chi connectivity index (χ0v) is 10.3. The molecule has 3 heteroatoms. The highest BCUT2D eigenvalue weighted by Crippen LogP contribution is 2.14. The van der Waals surface area contributed by atoms with Crippen LogP contribution >= 0.6 is 0 Å². The van der Waals surface area contributed by atoms with Crippen LogP contribution in [0.1, 0.15) is 40.0 Å². The van der Waals surface area contributed by atoms with E-state index in [2.05, 4.69) is 26.1 Å². The van der Waals surface area contributed by atoms with Crippen LogP contribution in [0.4, 0.5) is 0 Å². The van der Waals surface area contributed by atoms with Gasteiger partial charge in [-0.1, -0.05) is 20.8 Å². The van der Waals surface area contributed by atoms with Crippen LogP contribution in [-0.2, 0) is 9.47 Å².